The Morgan fingerprint density at radius 3 is 1.77 bits per heavy atom. The molecule has 2 N–H and O–H groups in total. The minimum Gasteiger partial charge on any atom is -0.411 e. The van der Waals surface area contributed by atoms with Gasteiger partial charge in [0, 0.05) is 11.8 Å². The van der Waals surface area contributed by atoms with Gasteiger partial charge in [-0.05, 0) is 18.3 Å². The highest BCUT2D eigenvalue weighted by molar-refractivity contribution is 6.46. The molecule has 0 aromatic heterocycles. The smallest absolute Gasteiger partial charge is 0.108 e. The molecule has 0 amide bonds. The maximum absolute atomic E-state index is 8.82. The van der Waals surface area contributed by atoms with Crippen LogP contribution in [0.4, 0.5) is 0 Å². The van der Waals surface area contributed by atoms with Crippen LogP contribution in [0.5, 0.6) is 0 Å². The monoisotopic (exact) mass is 182 g/mol. The Morgan fingerprint density at radius 2 is 1.46 bits per heavy atom. The second-order valence-corrected chi connectivity index (χ2v) is 4.47. The second-order valence-electron chi connectivity index (χ2n) is 4.47. The standard InChI is InChI=1S/C9H14N2O2/c1-9(2)5-3-4-6(9)8(11-13)7(5)10-12/h5-6,12-13H,3-4H2,1-2H3/b10-7+,11-8+. The fourth-order valence-corrected chi connectivity index (χ4v) is 2.90. The van der Waals surface area contributed by atoms with Crippen LogP contribution in [0.25, 0.3) is 0 Å². The Labute approximate surface area is 76.9 Å². The van der Waals surface area contributed by atoms with Crippen LogP contribution in [0.3, 0.4) is 0 Å². The quantitative estimate of drug-likeness (QED) is 0.442. The fraction of sp³-hybridized carbons (Fsp3) is 0.778. The van der Waals surface area contributed by atoms with E-state index >= 15 is 0 Å². The van der Waals surface area contributed by atoms with Gasteiger partial charge in [-0.2, -0.15) is 0 Å². The van der Waals surface area contributed by atoms with Crippen molar-refractivity contribution in [2.45, 2.75) is 26.7 Å². The van der Waals surface area contributed by atoms with Crippen molar-refractivity contribution in [1.29, 1.82) is 0 Å². The van der Waals surface area contributed by atoms with Crippen molar-refractivity contribution < 1.29 is 10.4 Å². The van der Waals surface area contributed by atoms with Crippen LogP contribution in [0, 0.1) is 17.3 Å². The molecule has 0 spiro atoms. The minimum atomic E-state index is 0.0864. The van der Waals surface area contributed by atoms with Crippen LogP contribution < -0.4 is 0 Å². The van der Waals surface area contributed by atoms with Crippen LogP contribution in [0.2, 0.25) is 0 Å². The predicted molar refractivity (Wildman–Crippen MR) is 48.4 cm³/mol. The largest absolute Gasteiger partial charge is 0.411 e. The predicted octanol–water partition coefficient (Wildman–Crippen LogP) is 1.71. The van der Waals surface area contributed by atoms with E-state index < -0.39 is 0 Å². The van der Waals surface area contributed by atoms with Crippen molar-refractivity contribution >= 4 is 11.4 Å². The molecule has 4 nitrogen and oxygen atoms in total. The van der Waals surface area contributed by atoms with E-state index in [4.69, 9.17) is 10.4 Å². The van der Waals surface area contributed by atoms with Crippen LogP contribution in [0.1, 0.15) is 26.7 Å². The minimum absolute atomic E-state index is 0.0864. The maximum atomic E-state index is 8.82. The molecule has 2 fully saturated rings. The molecule has 0 radical (unpaired) electrons. The van der Waals surface area contributed by atoms with Crippen LogP contribution in [-0.2, 0) is 0 Å². The zero-order valence-corrected chi connectivity index (χ0v) is 7.86. The van der Waals surface area contributed by atoms with Crippen molar-refractivity contribution in [3.63, 3.8) is 0 Å². The van der Waals surface area contributed by atoms with Crippen LogP contribution in [0.15, 0.2) is 10.3 Å². The van der Waals surface area contributed by atoms with E-state index in [-0.39, 0.29) is 17.3 Å². The van der Waals surface area contributed by atoms with Gasteiger partial charge in [0.15, 0.2) is 0 Å². The molecular weight excluding hydrogens is 168 g/mol. The van der Waals surface area contributed by atoms with Crippen molar-refractivity contribution in [2.24, 2.45) is 27.6 Å². The molecule has 2 saturated carbocycles. The Balaban J connectivity index is 2.49. The maximum Gasteiger partial charge on any atom is 0.108 e. The van der Waals surface area contributed by atoms with E-state index in [9.17, 15) is 0 Å². The third-order valence-electron chi connectivity index (χ3n) is 3.68. The molecule has 2 bridgehead atoms. The van der Waals surface area contributed by atoms with E-state index in [1.807, 2.05) is 0 Å². The summed E-state index contributed by atoms with van der Waals surface area (Å²) in [4.78, 5) is 0. The Kier molecular flexibility index (Phi) is 1.62. The van der Waals surface area contributed by atoms with Crippen molar-refractivity contribution in [3.8, 4) is 0 Å². The third-order valence-corrected chi connectivity index (χ3v) is 3.68. The Morgan fingerprint density at radius 1 is 1.08 bits per heavy atom. The van der Waals surface area contributed by atoms with E-state index in [1.54, 1.807) is 0 Å². The summed E-state index contributed by atoms with van der Waals surface area (Å²) in [5.41, 5.74) is 1.26. The van der Waals surface area contributed by atoms with Gasteiger partial charge in [-0.1, -0.05) is 24.2 Å². The van der Waals surface area contributed by atoms with E-state index in [1.165, 1.54) is 0 Å². The topological polar surface area (TPSA) is 65.2 Å². The summed E-state index contributed by atoms with van der Waals surface area (Å²) in [6.45, 7) is 4.28. The first-order valence-electron chi connectivity index (χ1n) is 4.57. The molecule has 2 unspecified atom stereocenters. The normalized spacial score (nSPS) is 42.0. The lowest BCUT2D eigenvalue weighted by atomic mass is 9.82. The van der Waals surface area contributed by atoms with Gasteiger partial charge >= 0.3 is 0 Å². The lowest BCUT2D eigenvalue weighted by molar-refractivity contribution is 0.282. The number of fused-ring (bicyclic) bond motifs is 2. The fourth-order valence-electron chi connectivity index (χ4n) is 2.90. The highest BCUT2D eigenvalue weighted by Crippen LogP contribution is 2.54. The number of nitrogens with zero attached hydrogens (tertiary/aromatic N) is 2. The first-order valence-corrected chi connectivity index (χ1v) is 4.57. The number of rotatable bonds is 0. The summed E-state index contributed by atoms with van der Waals surface area (Å²) < 4.78 is 0. The van der Waals surface area contributed by atoms with Gasteiger partial charge in [0.1, 0.15) is 11.4 Å². The van der Waals surface area contributed by atoms with Gasteiger partial charge in [0.2, 0.25) is 0 Å². The molecule has 0 aromatic carbocycles. The zero-order valence-electron chi connectivity index (χ0n) is 7.86. The molecule has 4 heteroatoms. The molecule has 0 heterocycles. The van der Waals surface area contributed by atoms with Gasteiger partial charge in [-0.15, -0.1) is 0 Å². The summed E-state index contributed by atoms with van der Waals surface area (Å²) in [5, 5.41) is 24.1. The SMILES string of the molecule is CC1(C)C2CCC1C(=N\O)/C2=N/O. The summed E-state index contributed by atoms with van der Waals surface area (Å²) in [7, 11) is 0. The molecular formula is C9H14N2O2. The molecule has 2 rings (SSSR count). The number of oxime groups is 2. The highest BCUT2D eigenvalue weighted by atomic mass is 16.4. The van der Waals surface area contributed by atoms with Gasteiger partial charge in [-0.25, -0.2) is 0 Å². The van der Waals surface area contributed by atoms with Gasteiger partial charge in [0.05, 0.1) is 0 Å². The first-order chi connectivity index (χ1) is 6.12. The van der Waals surface area contributed by atoms with Crippen molar-refractivity contribution in [1.82, 2.24) is 0 Å². The Bertz CT molecular complexity index is 266. The number of hydrogen-bond donors (Lipinski definition) is 2. The molecule has 2 atom stereocenters. The molecule has 0 saturated heterocycles. The van der Waals surface area contributed by atoms with Crippen molar-refractivity contribution in [2.75, 3.05) is 0 Å². The molecule has 0 aromatic rings. The average Bonchev–Trinajstić information content (AvgIpc) is 2.52. The van der Waals surface area contributed by atoms with Gasteiger partial charge < -0.3 is 10.4 Å². The summed E-state index contributed by atoms with van der Waals surface area (Å²) >= 11 is 0. The van der Waals surface area contributed by atoms with Crippen LogP contribution >= 0.6 is 0 Å². The zero-order chi connectivity index (χ0) is 9.64. The molecule has 2 aliphatic rings. The summed E-state index contributed by atoms with van der Waals surface area (Å²) in [6.07, 6.45) is 2.08. The molecule has 0 aliphatic heterocycles. The molecule has 13 heavy (non-hydrogen) atoms. The van der Waals surface area contributed by atoms with Gasteiger partial charge in [-0.3, -0.25) is 0 Å². The third kappa shape index (κ3) is 0.857. The lowest BCUT2D eigenvalue weighted by Gasteiger charge is -2.21. The summed E-state index contributed by atoms with van der Waals surface area (Å²) in [6, 6.07) is 0. The Hall–Kier alpha value is -1.06. The first kappa shape index (κ1) is 8.53. The highest BCUT2D eigenvalue weighted by Gasteiger charge is 2.56. The van der Waals surface area contributed by atoms with Gasteiger partial charge in [0.25, 0.3) is 0 Å². The van der Waals surface area contributed by atoms with Crippen LogP contribution in [-0.4, -0.2) is 21.8 Å². The van der Waals surface area contributed by atoms with E-state index in [0.717, 1.165) is 12.8 Å². The molecule has 2 aliphatic carbocycles. The van der Waals surface area contributed by atoms with E-state index in [2.05, 4.69) is 24.2 Å². The summed E-state index contributed by atoms with van der Waals surface area (Å²) in [5.74, 6) is 0.516. The van der Waals surface area contributed by atoms with Crippen molar-refractivity contribution in [3.05, 3.63) is 0 Å². The second kappa shape index (κ2) is 2.47. The average molecular weight is 182 g/mol. The molecule has 72 valence electrons. The lowest BCUT2D eigenvalue weighted by Crippen LogP contribution is -2.22. The van der Waals surface area contributed by atoms with E-state index in [0.29, 0.717) is 11.4 Å². The number of hydrogen-bond acceptors (Lipinski definition) is 4.